The van der Waals surface area contributed by atoms with Gasteiger partial charge in [0.2, 0.25) is 0 Å². The van der Waals surface area contributed by atoms with Gasteiger partial charge in [-0.15, -0.1) is 0 Å². The van der Waals surface area contributed by atoms with Crippen LogP contribution >= 0.6 is 31.9 Å². The lowest BCUT2D eigenvalue weighted by atomic mass is 10.0. The van der Waals surface area contributed by atoms with Crippen LogP contribution in [0.4, 0.5) is 4.39 Å². The summed E-state index contributed by atoms with van der Waals surface area (Å²) in [6.45, 7) is 1.90. The predicted octanol–water partition coefficient (Wildman–Crippen LogP) is 4.90. The molecule has 0 aliphatic rings. The van der Waals surface area contributed by atoms with E-state index in [0.717, 1.165) is 10.0 Å². The molecule has 104 valence electrons. The van der Waals surface area contributed by atoms with Crippen molar-refractivity contribution in [2.24, 2.45) is 0 Å². The summed E-state index contributed by atoms with van der Waals surface area (Å²) in [6, 6.07) is 7.75. The molecule has 0 amide bonds. The Kier molecular flexibility index (Phi) is 4.60. The van der Waals surface area contributed by atoms with Gasteiger partial charge in [0.15, 0.2) is 5.78 Å². The van der Waals surface area contributed by atoms with Crippen molar-refractivity contribution in [2.45, 2.75) is 6.92 Å². The van der Waals surface area contributed by atoms with E-state index in [9.17, 15) is 9.18 Å². The molecular weight excluding hydrogens is 391 g/mol. The summed E-state index contributed by atoms with van der Waals surface area (Å²) in [6.07, 6.45) is 0. The Hall–Kier alpha value is -1.20. The van der Waals surface area contributed by atoms with E-state index in [-0.39, 0.29) is 11.3 Å². The number of ether oxygens (including phenoxy) is 1. The van der Waals surface area contributed by atoms with Gasteiger partial charge in [-0.3, -0.25) is 4.79 Å². The van der Waals surface area contributed by atoms with Gasteiger partial charge in [-0.05, 0) is 58.7 Å². The highest BCUT2D eigenvalue weighted by Gasteiger charge is 2.17. The van der Waals surface area contributed by atoms with Crippen molar-refractivity contribution >= 4 is 37.6 Å². The second-order valence-corrected chi connectivity index (χ2v) is 5.97. The van der Waals surface area contributed by atoms with E-state index in [0.29, 0.717) is 15.8 Å². The fourth-order valence-electron chi connectivity index (χ4n) is 1.79. The smallest absolute Gasteiger partial charge is 0.196 e. The lowest BCUT2D eigenvalue weighted by Crippen LogP contribution is -2.05. The minimum atomic E-state index is -0.471. The van der Waals surface area contributed by atoms with Crippen LogP contribution in [-0.4, -0.2) is 12.9 Å². The van der Waals surface area contributed by atoms with Gasteiger partial charge in [-0.1, -0.05) is 15.9 Å². The van der Waals surface area contributed by atoms with Crippen LogP contribution in [-0.2, 0) is 0 Å². The lowest BCUT2D eigenvalue weighted by molar-refractivity contribution is 0.103. The molecule has 20 heavy (non-hydrogen) atoms. The van der Waals surface area contributed by atoms with Gasteiger partial charge in [0.1, 0.15) is 11.6 Å². The highest BCUT2D eigenvalue weighted by molar-refractivity contribution is 9.10. The fourth-order valence-corrected chi connectivity index (χ4v) is 2.38. The standard InChI is InChI=1S/C15H11Br2FO2/c1-8-5-14(20-2)10(7-12(8)17)15(19)9-3-4-11(16)13(18)6-9/h3-7H,1-2H3. The number of carbonyl (C=O) groups is 1. The lowest BCUT2D eigenvalue weighted by Gasteiger charge is -2.10. The zero-order valence-electron chi connectivity index (χ0n) is 10.8. The summed E-state index contributed by atoms with van der Waals surface area (Å²) in [5, 5.41) is 0. The summed E-state index contributed by atoms with van der Waals surface area (Å²) in [7, 11) is 1.50. The van der Waals surface area contributed by atoms with Gasteiger partial charge in [0.05, 0.1) is 17.1 Å². The molecule has 5 heteroatoms. The number of benzene rings is 2. The van der Waals surface area contributed by atoms with Crippen molar-refractivity contribution in [3.05, 3.63) is 61.8 Å². The fraction of sp³-hybridized carbons (Fsp3) is 0.133. The third kappa shape index (κ3) is 2.94. The minimum Gasteiger partial charge on any atom is -0.496 e. The normalized spacial score (nSPS) is 10.4. The molecule has 0 N–H and O–H groups in total. The first-order chi connectivity index (χ1) is 9.43. The van der Waals surface area contributed by atoms with Gasteiger partial charge in [-0.25, -0.2) is 4.39 Å². The zero-order chi connectivity index (χ0) is 14.9. The van der Waals surface area contributed by atoms with E-state index < -0.39 is 5.82 Å². The summed E-state index contributed by atoms with van der Waals surface area (Å²) >= 11 is 6.45. The summed E-state index contributed by atoms with van der Waals surface area (Å²) in [5.41, 5.74) is 1.63. The predicted molar refractivity (Wildman–Crippen MR) is 83.0 cm³/mol. The number of hydrogen-bond donors (Lipinski definition) is 0. The first-order valence-electron chi connectivity index (χ1n) is 5.78. The molecule has 0 unspecified atom stereocenters. The number of methoxy groups -OCH3 is 1. The quantitative estimate of drug-likeness (QED) is 0.683. The molecule has 0 atom stereocenters. The second-order valence-electron chi connectivity index (χ2n) is 4.26. The average molecular weight is 402 g/mol. The Labute approximate surface area is 133 Å². The maximum absolute atomic E-state index is 13.5. The molecule has 0 aromatic heterocycles. The Morgan fingerprint density at radius 2 is 1.85 bits per heavy atom. The molecule has 0 fully saturated rings. The first-order valence-corrected chi connectivity index (χ1v) is 7.36. The van der Waals surface area contributed by atoms with Crippen molar-refractivity contribution in [2.75, 3.05) is 7.11 Å². The first kappa shape index (κ1) is 15.2. The third-order valence-corrected chi connectivity index (χ3v) is 4.40. The minimum absolute atomic E-state index is 0.278. The van der Waals surface area contributed by atoms with Crippen molar-refractivity contribution < 1.29 is 13.9 Å². The van der Waals surface area contributed by atoms with Gasteiger partial charge >= 0.3 is 0 Å². The Morgan fingerprint density at radius 3 is 2.45 bits per heavy atom. The van der Waals surface area contributed by atoms with Crippen molar-refractivity contribution in [1.82, 2.24) is 0 Å². The molecule has 0 aliphatic heterocycles. The molecule has 0 bridgehead atoms. The monoisotopic (exact) mass is 400 g/mol. The highest BCUT2D eigenvalue weighted by Crippen LogP contribution is 2.29. The molecule has 2 aromatic carbocycles. The number of carbonyl (C=O) groups excluding carboxylic acids is 1. The van der Waals surface area contributed by atoms with E-state index in [1.807, 2.05) is 6.92 Å². The Balaban J connectivity index is 2.52. The third-order valence-electron chi connectivity index (χ3n) is 2.91. The molecular formula is C15H11Br2FO2. The molecule has 0 aliphatic carbocycles. The largest absolute Gasteiger partial charge is 0.496 e. The van der Waals surface area contributed by atoms with Crippen LogP contribution in [0.25, 0.3) is 0 Å². The van der Waals surface area contributed by atoms with E-state index >= 15 is 0 Å². The molecule has 0 saturated carbocycles. The average Bonchev–Trinajstić information content (AvgIpc) is 2.43. The van der Waals surface area contributed by atoms with Crippen LogP contribution in [0.1, 0.15) is 21.5 Å². The van der Waals surface area contributed by atoms with Crippen molar-refractivity contribution in [3.8, 4) is 5.75 Å². The molecule has 0 saturated heterocycles. The summed E-state index contributed by atoms with van der Waals surface area (Å²) in [5.74, 6) is -0.283. The van der Waals surface area contributed by atoms with Crippen LogP contribution in [0.2, 0.25) is 0 Å². The number of rotatable bonds is 3. The van der Waals surface area contributed by atoms with Crippen LogP contribution in [0.5, 0.6) is 5.75 Å². The Morgan fingerprint density at radius 1 is 1.15 bits per heavy atom. The number of aryl methyl sites for hydroxylation is 1. The molecule has 0 radical (unpaired) electrons. The molecule has 2 aromatic rings. The van der Waals surface area contributed by atoms with Crippen LogP contribution in [0.15, 0.2) is 39.3 Å². The topological polar surface area (TPSA) is 26.3 Å². The number of ketones is 1. The maximum atomic E-state index is 13.5. The number of hydrogen-bond acceptors (Lipinski definition) is 2. The number of halogens is 3. The molecule has 2 nitrogen and oxygen atoms in total. The van der Waals surface area contributed by atoms with Gasteiger partial charge in [0.25, 0.3) is 0 Å². The van der Waals surface area contributed by atoms with E-state index in [1.54, 1.807) is 18.2 Å². The van der Waals surface area contributed by atoms with Gasteiger partial charge in [-0.2, -0.15) is 0 Å². The van der Waals surface area contributed by atoms with Crippen LogP contribution in [0.3, 0.4) is 0 Å². The highest BCUT2D eigenvalue weighted by atomic mass is 79.9. The van der Waals surface area contributed by atoms with Crippen molar-refractivity contribution in [1.29, 1.82) is 0 Å². The molecule has 2 rings (SSSR count). The molecule has 0 heterocycles. The van der Waals surface area contributed by atoms with Crippen molar-refractivity contribution in [3.63, 3.8) is 0 Å². The molecule has 0 spiro atoms. The SMILES string of the molecule is COc1cc(C)c(Br)cc1C(=O)c1ccc(Br)c(F)c1. The van der Waals surface area contributed by atoms with Crippen LogP contribution < -0.4 is 4.74 Å². The second kappa shape index (κ2) is 6.06. The summed E-state index contributed by atoms with van der Waals surface area (Å²) in [4.78, 5) is 12.5. The maximum Gasteiger partial charge on any atom is 0.196 e. The zero-order valence-corrected chi connectivity index (χ0v) is 14.0. The van der Waals surface area contributed by atoms with E-state index in [1.165, 1.54) is 19.2 Å². The van der Waals surface area contributed by atoms with Gasteiger partial charge in [0, 0.05) is 10.0 Å². The van der Waals surface area contributed by atoms with E-state index in [2.05, 4.69) is 31.9 Å². The van der Waals surface area contributed by atoms with E-state index in [4.69, 9.17) is 4.74 Å². The van der Waals surface area contributed by atoms with Gasteiger partial charge < -0.3 is 4.74 Å². The Bertz CT molecular complexity index is 684. The summed E-state index contributed by atoms with van der Waals surface area (Å²) < 4.78 is 19.9. The van der Waals surface area contributed by atoms with Crippen LogP contribution in [0, 0.1) is 12.7 Å².